The van der Waals surface area contributed by atoms with E-state index in [9.17, 15) is 4.79 Å². The minimum Gasteiger partial charge on any atom is -0.497 e. The third-order valence-electron chi connectivity index (χ3n) is 5.34. The number of hydrogen-bond acceptors (Lipinski definition) is 5. The van der Waals surface area contributed by atoms with Crippen molar-refractivity contribution >= 4 is 22.4 Å². The minimum atomic E-state index is -0.121. The molecule has 1 aromatic heterocycles. The molecule has 170 valence electrons. The van der Waals surface area contributed by atoms with E-state index in [1.54, 1.807) is 19.4 Å². The van der Waals surface area contributed by atoms with Crippen LogP contribution in [0.1, 0.15) is 25.0 Å². The number of rotatable bonds is 9. The second-order valence-corrected chi connectivity index (χ2v) is 7.99. The van der Waals surface area contributed by atoms with Gasteiger partial charge in [0, 0.05) is 41.2 Å². The molecule has 1 amide bonds. The van der Waals surface area contributed by atoms with Gasteiger partial charge in [0.25, 0.3) is 0 Å². The molecule has 6 nitrogen and oxygen atoms in total. The lowest BCUT2D eigenvalue weighted by Gasteiger charge is -2.15. The Labute approximate surface area is 189 Å². The second kappa shape index (κ2) is 10.4. The van der Waals surface area contributed by atoms with Crippen molar-refractivity contribution in [3.05, 3.63) is 53.8 Å². The summed E-state index contributed by atoms with van der Waals surface area (Å²) in [5.41, 5.74) is 5.37. The van der Waals surface area contributed by atoms with Crippen LogP contribution in [0.15, 0.2) is 47.1 Å². The molecular formula is C26H32N2O4. The Morgan fingerprint density at radius 3 is 2.72 bits per heavy atom. The van der Waals surface area contributed by atoms with Gasteiger partial charge in [-0.05, 0) is 64.2 Å². The van der Waals surface area contributed by atoms with E-state index in [-0.39, 0.29) is 5.91 Å². The van der Waals surface area contributed by atoms with Crippen molar-refractivity contribution in [1.29, 1.82) is 0 Å². The molecule has 3 aromatic rings. The Morgan fingerprint density at radius 1 is 1.25 bits per heavy atom. The maximum Gasteiger partial charge on any atom is 0.244 e. The summed E-state index contributed by atoms with van der Waals surface area (Å²) in [6, 6.07) is 9.93. The molecule has 32 heavy (non-hydrogen) atoms. The number of methoxy groups -OCH3 is 1. The highest BCUT2D eigenvalue weighted by Crippen LogP contribution is 2.41. The van der Waals surface area contributed by atoms with Crippen molar-refractivity contribution < 1.29 is 18.7 Å². The van der Waals surface area contributed by atoms with Crippen molar-refractivity contribution in [2.24, 2.45) is 0 Å². The zero-order valence-electron chi connectivity index (χ0n) is 19.7. The highest BCUT2D eigenvalue weighted by atomic mass is 16.5. The standard InChI is InChI=1S/C26H32N2O4/c1-7-31-25-18(3)26-22(23(16-32-26)19-9-8-10-20(14-19)30-6)15-21(25)17(2)13-24(29)27-11-12-28(4)5/h8-10,13-16H,7,11-12H2,1-6H3,(H,27,29)/b17-13+. The molecule has 3 rings (SSSR count). The number of fused-ring (bicyclic) bond motifs is 1. The number of furan rings is 1. The van der Waals surface area contributed by atoms with Gasteiger partial charge < -0.3 is 24.1 Å². The first-order valence-electron chi connectivity index (χ1n) is 10.8. The number of hydrogen-bond donors (Lipinski definition) is 1. The summed E-state index contributed by atoms with van der Waals surface area (Å²) in [6.07, 6.45) is 3.39. The Morgan fingerprint density at radius 2 is 2.03 bits per heavy atom. The third-order valence-corrected chi connectivity index (χ3v) is 5.34. The van der Waals surface area contributed by atoms with Crippen LogP contribution in [0.3, 0.4) is 0 Å². The topological polar surface area (TPSA) is 63.9 Å². The fourth-order valence-corrected chi connectivity index (χ4v) is 3.68. The van der Waals surface area contributed by atoms with E-state index >= 15 is 0 Å². The average molecular weight is 437 g/mol. The van der Waals surface area contributed by atoms with E-state index in [1.807, 2.05) is 70.1 Å². The molecule has 0 fully saturated rings. The fourth-order valence-electron chi connectivity index (χ4n) is 3.68. The molecule has 0 saturated heterocycles. The number of allylic oxidation sites excluding steroid dienone is 1. The van der Waals surface area contributed by atoms with Crippen LogP contribution in [0.5, 0.6) is 11.5 Å². The number of carbonyl (C=O) groups excluding carboxylic acids is 1. The maximum absolute atomic E-state index is 12.5. The molecule has 1 heterocycles. The Kier molecular flexibility index (Phi) is 7.59. The summed E-state index contributed by atoms with van der Waals surface area (Å²) in [5, 5.41) is 3.90. The van der Waals surface area contributed by atoms with Crippen molar-refractivity contribution in [2.75, 3.05) is 40.9 Å². The molecule has 0 aliphatic heterocycles. The molecule has 1 N–H and O–H groups in total. The van der Waals surface area contributed by atoms with Crippen LogP contribution in [0.4, 0.5) is 0 Å². The van der Waals surface area contributed by atoms with E-state index in [4.69, 9.17) is 13.9 Å². The lowest BCUT2D eigenvalue weighted by molar-refractivity contribution is -0.116. The first kappa shape index (κ1) is 23.4. The van der Waals surface area contributed by atoms with Crippen molar-refractivity contribution in [2.45, 2.75) is 20.8 Å². The number of nitrogens with one attached hydrogen (secondary N) is 1. The Bertz CT molecular complexity index is 1130. The third kappa shape index (κ3) is 5.14. The summed E-state index contributed by atoms with van der Waals surface area (Å²) < 4.78 is 17.3. The van der Waals surface area contributed by atoms with Gasteiger partial charge in [0.05, 0.1) is 20.0 Å². The summed E-state index contributed by atoms with van der Waals surface area (Å²) >= 11 is 0. The molecule has 0 radical (unpaired) electrons. The first-order chi connectivity index (χ1) is 15.3. The van der Waals surface area contributed by atoms with Crippen molar-refractivity contribution in [3.8, 4) is 22.6 Å². The molecule has 6 heteroatoms. The van der Waals surface area contributed by atoms with Crippen LogP contribution in [0.2, 0.25) is 0 Å². The van der Waals surface area contributed by atoms with Gasteiger partial charge in [-0.1, -0.05) is 12.1 Å². The second-order valence-electron chi connectivity index (χ2n) is 7.99. The van der Waals surface area contributed by atoms with Gasteiger partial charge in [-0.2, -0.15) is 0 Å². The van der Waals surface area contributed by atoms with E-state index in [1.165, 1.54) is 0 Å². The van der Waals surface area contributed by atoms with Gasteiger partial charge in [0.1, 0.15) is 17.1 Å². The number of ether oxygens (including phenoxy) is 2. The SMILES string of the molecule is CCOc1c(/C(C)=C/C(=O)NCCN(C)C)cc2c(-c3cccc(OC)c3)coc2c1C. The van der Waals surface area contributed by atoms with E-state index in [0.717, 1.165) is 56.8 Å². The fraction of sp³-hybridized carbons (Fsp3) is 0.346. The van der Waals surface area contributed by atoms with Crippen LogP contribution < -0.4 is 14.8 Å². The van der Waals surface area contributed by atoms with E-state index < -0.39 is 0 Å². The normalized spacial score (nSPS) is 11.8. The van der Waals surface area contributed by atoms with Crippen LogP contribution in [-0.4, -0.2) is 51.7 Å². The largest absolute Gasteiger partial charge is 0.497 e. The number of amides is 1. The zero-order chi connectivity index (χ0) is 23.3. The highest BCUT2D eigenvalue weighted by Gasteiger charge is 2.19. The molecule has 2 aromatic carbocycles. The molecule has 0 bridgehead atoms. The Hall–Kier alpha value is -3.25. The molecule has 0 aliphatic rings. The van der Waals surface area contributed by atoms with Crippen molar-refractivity contribution in [1.82, 2.24) is 10.2 Å². The summed E-state index contributed by atoms with van der Waals surface area (Å²) in [5.74, 6) is 1.40. The zero-order valence-corrected chi connectivity index (χ0v) is 19.7. The molecule has 0 aliphatic carbocycles. The number of aryl methyl sites for hydroxylation is 1. The van der Waals surface area contributed by atoms with Gasteiger partial charge in [-0.15, -0.1) is 0 Å². The number of benzene rings is 2. The van der Waals surface area contributed by atoms with Gasteiger partial charge in [-0.3, -0.25) is 4.79 Å². The molecular weight excluding hydrogens is 404 g/mol. The molecule has 0 unspecified atom stereocenters. The summed E-state index contributed by atoms with van der Waals surface area (Å²) in [6.45, 7) is 7.76. The van der Waals surface area contributed by atoms with Crippen LogP contribution in [0, 0.1) is 6.92 Å². The molecule has 0 atom stereocenters. The quantitative estimate of drug-likeness (QED) is 0.484. The van der Waals surface area contributed by atoms with Gasteiger partial charge >= 0.3 is 0 Å². The van der Waals surface area contributed by atoms with Crippen LogP contribution in [0.25, 0.3) is 27.7 Å². The monoisotopic (exact) mass is 436 g/mol. The summed E-state index contributed by atoms with van der Waals surface area (Å²) in [4.78, 5) is 14.5. The smallest absolute Gasteiger partial charge is 0.244 e. The average Bonchev–Trinajstić information content (AvgIpc) is 3.19. The predicted octanol–water partition coefficient (Wildman–Crippen LogP) is 4.90. The van der Waals surface area contributed by atoms with E-state index in [0.29, 0.717) is 13.2 Å². The molecule has 0 spiro atoms. The number of nitrogens with zero attached hydrogens (tertiary/aromatic N) is 1. The molecule has 0 saturated carbocycles. The number of carbonyl (C=O) groups is 1. The van der Waals surface area contributed by atoms with Crippen LogP contribution in [-0.2, 0) is 4.79 Å². The Balaban J connectivity index is 2.07. The van der Waals surface area contributed by atoms with Crippen LogP contribution >= 0.6 is 0 Å². The summed E-state index contributed by atoms with van der Waals surface area (Å²) in [7, 11) is 5.61. The van der Waals surface area contributed by atoms with E-state index in [2.05, 4.69) is 5.32 Å². The highest BCUT2D eigenvalue weighted by molar-refractivity contribution is 6.01. The lowest BCUT2D eigenvalue weighted by atomic mass is 9.96. The lowest BCUT2D eigenvalue weighted by Crippen LogP contribution is -2.30. The van der Waals surface area contributed by atoms with Gasteiger partial charge in [0.15, 0.2) is 0 Å². The number of likely N-dealkylation sites (N-methyl/N-ethyl adjacent to an activating group) is 1. The van der Waals surface area contributed by atoms with Gasteiger partial charge in [0.2, 0.25) is 5.91 Å². The predicted molar refractivity (Wildman–Crippen MR) is 129 cm³/mol. The maximum atomic E-state index is 12.5. The first-order valence-corrected chi connectivity index (χ1v) is 10.8. The van der Waals surface area contributed by atoms with Gasteiger partial charge in [-0.25, -0.2) is 0 Å². The van der Waals surface area contributed by atoms with Crippen molar-refractivity contribution in [3.63, 3.8) is 0 Å². The minimum absolute atomic E-state index is 0.121.